The molecule has 0 fully saturated rings. The molecule has 1 heterocycles. The number of halogens is 1. The number of imidazole rings is 1. The van der Waals surface area contributed by atoms with Crippen LogP contribution in [0.1, 0.15) is 29.3 Å². The quantitative estimate of drug-likeness (QED) is 0.704. The minimum Gasteiger partial charge on any atom is -0.306 e. The second-order valence-electron chi connectivity index (χ2n) is 4.99. The molecule has 0 saturated heterocycles. The summed E-state index contributed by atoms with van der Waals surface area (Å²) in [4.78, 5) is 16.8. The molecule has 0 amide bonds. The van der Waals surface area contributed by atoms with Crippen LogP contribution in [0, 0.1) is 0 Å². The lowest BCUT2D eigenvalue weighted by Crippen LogP contribution is -2.02. The Morgan fingerprint density at radius 2 is 1.65 bits per heavy atom. The number of aromatic nitrogens is 2. The fraction of sp³-hybridized carbons (Fsp3) is 0.188. The average Bonchev–Trinajstić information content (AvgIpc) is 2.85. The zero-order valence-electron chi connectivity index (χ0n) is 11.1. The van der Waals surface area contributed by atoms with Crippen LogP contribution >= 0.6 is 11.6 Å². The molecule has 102 valence electrons. The molecule has 0 aliphatic rings. The van der Waals surface area contributed by atoms with Gasteiger partial charge in [0.15, 0.2) is 0 Å². The van der Waals surface area contributed by atoms with Crippen molar-refractivity contribution in [1.29, 1.82) is 0 Å². The molecule has 2 unspecified atom stereocenters. The van der Waals surface area contributed by atoms with E-state index in [9.17, 15) is 4.79 Å². The van der Waals surface area contributed by atoms with Crippen LogP contribution in [-0.2, 0) is 0 Å². The van der Waals surface area contributed by atoms with E-state index in [2.05, 4.69) is 29.0 Å². The van der Waals surface area contributed by atoms with Crippen LogP contribution in [0.5, 0.6) is 0 Å². The molecule has 0 aliphatic carbocycles. The van der Waals surface area contributed by atoms with Crippen LogP contribution in [0.2, 0.25) is 0 Å². The number of benzene rings is 2. The molecular weight excluding hydrogens is 272 g/mol. The summed E-state index contributed by atoms with van der Waals surface area (Å²) in [5.41, 5.74) is 3.61. The number of fused-ring (bicyclic) bond motifs is 1. The Bertz CT molecular complexity index is 776. The first-order valence-corrected chi connectivity index (χ1v) is 7.00. The Balaban J connectivity index is 1.95. The third kappa shape index (κ3) is 2.37. The van der Waals surface area contributed by atoms with E-state index in [1.807, 2.05) is 36.4 Å². The van der Waals surface area contributed by atoms with Crippen molar-refractivity contribution in [3.63, 3.8) is 0 Å². The van der Waals surface area contributed by atoms with Gasteiger partial charge in [-0.2, -0.15) is 0 Å². The zero-order chi connectivity index (χ0) is 14.1. The molecule has 3 rings (SSSR count). The van der Waals surface area contributed by atoms with Gasteiger partial charge in [0, 0.05) is 5.92 Å². The van der Waals surface area contributed by atoms with Crippen LogP contribution in [0.25, 0.3) is 11.0 Å². The largest absolute Gasteiger partial charge is 0.323 e. The second kappa shape index (κ2) is 5.17. The second-order valence-corrected chi connectivity index (χ2v) is 5.46. The van der Waals surface area contributed by atoms with Crippen molar-refractivity contribution in [3.8, 4) is 0 Å². The minimum absolute atomic E-state index is 0.139. The summed E-state index contributed by atoms with van der Waals surface area (Å²) in [6.07, 6.45) is 0. The fourth-order valence-corrected chi connectivity index (χ4v) is 2.72. The van der Waals surface area contributed by atoms with E-state index in [4.69, 9.17) is 11.6 Å². The van der Waals surface area contributed by atoms with Gasteiger partial charge in [-0.1, -0.05) is 43.3 Å². The number of hydrogen-bond acceptors (Lipinski definition) is 1. The molecule has 0 aliphatic heterocycles. The van der Waals surface area contributed by atoms with E-state index in [1.54, 1.807) is 0 Å². The van der Waals surface area contributed by atoms with E-state index in [1.165, 1.54) is 5.56 Å². The van der Waals surface area contributed by atoms with Crippen LogP contribution in [0.15, 0.2) is 53.3 Å². The molecule has 0 saturated carbocycles. The first kappa shape index (κ1) is 13.0. The summed E-state index contributed by atoms with van der Waals surface area (Å²) in [6, 6.07) is 16.0. The van der Waals surface area contributed by atoms with Gasteiger partial charge in [0.05, 0.1) is 16.4 Å². The predicted molar refractivity (Wildman–Crippen MR) is 82.4 cm³/mol. The van der Waals surface area contributed by atoms with Crippen LogP contribution in [0.3, 0.4) is 0 Å². The number of rotatable bonds is 3. The molecule has 2 atom stereocenters. The summed E-state index contributed by atoms with van der Waals surface area (Å²) in [5, 5.41) is -0.139. The highest BCUT2D eigenvalue weighted by Crippen LogP contribution is 2.36. The monoisotopic (exact) mass is 286 g/mol. The topological polar surface area (TPSA) is 48.6 Å². The molecule has 2 N–H and O–H groups in total. The maximum Gasteiger partial charge on any atom is 0.323 e. The highest BCUT2D eigenvalue weighted by molar-refractivity contribution is 6.21. The lowest BCUT2D eigenvalue weighted by molar-refractivity contribution is 0.732. The maximum absolute atomic E-state index is 11.3. The van der Waals surface area contributed by atoms with Gasteiger partial charge in [-0.25, -0.2) is 4.79 Å². The first-order valence-electron chi connectivity index (χ1n) is 6.56. The van der Waals surface area contributed by atoms with E-state index in [0.29, 0.717) is 0 Å². The van der Waals surface area contributed by atoms with Crippen molar-refractivity contribution in [2.45, 2.75) is 18.2 Å². The Morgan fingerprint density at radius 3 is 2.40 bits per heavy atom. The van der Waals surface area contributed by atoms with Crippen LogP contribution in [-0.4, -0.2) is 9.97 Å². The maximum atomic E-state index is 11.3. The van der Waals surface area contributed by atoms with Crippen LogP contribution in [0.4, 0.5) is 0 Å². The highest BCUT2D eigenvalue weighted by atomic mass is 35.5. The highest BCUT2D eigenvalue weighted by Gasteiger charge is 2.18. The van der Waals surface area contributed by atoms with Gasteiger partial charge < -0.3 is 9.97 Å². The van der Waals surface area contributed by atoms with E-state index in [0.717, 1.165) is 16.6 Å². The number of hydrogen-bond donors (Lipinski definition) is 2. The van der Waals surface area contributed by atoms with Crippen molar-refractivity contribution >= 4 is 22.6 Å². The minimum atomic E-state index is -0.195. The molecule has 20 heavy (non-hydrogen) atoms. The van der Waals surface area contributed by atoms with E-state index in [-0.39, 0.29) is 17.0 Å². The normalized spacial score (nSPS) is 14.3. The average molecular weight is 287 g/mol. The number of nitrogens with one attached hydrogen (secondary N) is 2. The lowest BCUT2D eigenvalue weighted by atomic mass is 9.93. The summed E-state index contributed by atoms with van der Waals surface area (Å²) >= 11 is 6.60. The Morgan fingerprint density at radius 1 is 0.950 bits per heavy atom. The summed E-state index contributed by atoms with van der Waals surface area (Å²) in [7, 11) is 0. The van der Waals surface area contributed by atoms with Gasteiger partial charge >= 0.3 is 5.69 Å². The summed E-state index contributed by atoms with van der Waals surface area (Å²) in [6.45, 7) is 2.11. The van der Waals surface area contributed by atoms with Gasteiger partial charge in [0.25, 0.3) is 0 Å². The fourth-order valence-electron chi connectivity index (χ4n) is 2.44. The summed E-state index contributed by atoms with van der Waals surface area (Å²) < 4.78 is 0. The molecule has 0 spiro atoms. The van der Waals surface area contributed by atoms with Gasteiger partial charge in [-0.05, 0) is 23.3 Å². The molecule has 4 heteroatoms. The molecule has 2 aromatic carbocycles. The van der Waals surface area contributed by atoms with Gasteiger partial charge in [-0.3, -0.25) is 0 Å². The smallest absolute Gasteiger partial charge is 0.306 e. The van der Waals surface area contributed by atoms with Crippen molar-refractivity contribution in [2.75, 3.05) is 0 Å². The van der Waals surface area contributed by atoms with Crippen molar-refractivity contribution in [3.05, 3.63) is 70.1 Å². The SMILES string of the molecule is CC(c1ccccc1)C(Cl)c1ccc2[nH]c(=O)[nH]c2c1. The third-order valence-corrected chi connectivity index (χ3v) is 4.25. The zero-order valence-corrected chi connectivity index (χ0v) is 11.8. The molecule has 3 nitrogen and oxygen atoms in total. The van der Waals surface area contributed by atoms with Crippen molar-refractivity contribution < 1.29 is 0 Å². The van der Waals surface area contributed by atoms with E-state index < -0.39 is 0 Å². The van der Waals surface area contributed by atoms with Crippen LogP contribution < -0.4 is 5.69 Å². The van der Waals surface area contributed by atoms with E-state index >= 15 is 0 Å². The standard InChI is InChI=1S/C16H15ClN2O/c1-10(11-5-3-2-4-6-11)15(17)12-7-8-13-14(9-12)19-16(20)18-13/h2-10,15H,1H3,(H2,18,19,20). The number of aromatic amines is 2. The predicted octanol–water partition coefficient (Wildman–Crippen LogP) is 3.94. The first-order chi connectivity index (χ1) is 9.65. The van der Waals surface area contributed by atoms with Gasteiger partial charge in [0.1, 0.15) is 0 Å². The van der Waals surface area contributed by atoms with Crippen molar-refractivity contribution in [2.24, 2.45) is 0 Å². The van der Waals surface area contributed by atoms with Gasteiger partial charge in [0.2, 0.25) is 0 Å². The molecule has 0 radical (unpaired) electrons. The Kier molecular flexibility index (Phi) is 3.36. The summed E-state index contributed by atoms with van der Waals surface area (Å²) in [5.74, 6) is 0.195. The Labute approximate surface area is 121 Å². The lowest BCUT2D eigenvalue weighted by Gasteiger charge is -2.18. The Hall–Kier alpha value is -2.00. The number of H-pyrrole nitrogens is 2. The number of alkyl halides is 1. The molecular formula is C16H15ClN2O. The third-order valence-electron chi connectivity index (χ3n) is 3.62. The van der Waals surface area contributed by atoms with Gasteiger partial charge in [-0.15, -0.1) is 11.6 Å². The molecule has 0 bridgehead atoms. The van der Waals surface area contributed by atoms with Crippen molar-refractivity contribution in [1.82, 2.24) is 9.97 Å². The molecule has 1 aromatic heterocycles. The molecule has 3 aromatic rings.